The number of benzene rings is 4. The standard InChI is InChI=1S/C43H48N2O5S.C5H10O2.CH5N/c1-43(2,3)50-42(47)21-20-41(46)44-34-16-13-30(14-17-34)26-39-37(24-32-12-15-33(38(25-32)48-4)28-45-22-8-9-23-45)36-19-18-35(27-40(36)51-39)49-29-31-10-6-5-7-11-31;1-5(2,3)7-4-6;1-2/h5-7,10-19,25,27H,8-9,20-24,26,28-29H2,1-4H3,(H,44,46);4H,1-3H3;2H2,1H3. The molecule has 0 saturated carbocycles. The number of likely N-dealkylation sites (tertiary alicyclic amines) is 1. The third-order valence-electron chi connectivity index (χ3n) is 9.40. The molecule has 0 radical (unpaired) electrons. The highest BCUT2D eigenvalue weighted by Crippen LogP contribution is 2.38. The second kappa shape index (κ2) is 23.0. The molecule has 1 fully saturated rings. The molecule has 11 heteroatoms. The molecule has 0 atom stereocenters. The highest BCUT2D eigenvalue weighted by Gasteiger charge is 2.19. The smallest absolute Gasteiger partial charge is 0.306 e. The van der Waals surface area contributed by atoms with Gasteiger partial charge in [-0.05, 0) is 145 Å². The first-order valence-electron chi connectivity index (χ1n) is 20.6. The summed E-state index contributed by atoms with van der Waals surface area (Å²) in [4.78, 5) is 38.0. The van der Waals surface area contributed by atoms with E-state index >= 15 is 0 Å². The van der Waals surface area contributed by atoms with Crippen molar-refractivity contribution in [2.75, 3.05) is 32.6 Å². The average Bonchev–Trinajstić information content (AvgIpc) is 3.85. The van der Waals surface area contributed by atoms with E-state index in [2.05, 4.69) is 81.4 Å². The van der Waals surface area contributed by atoms with Gasteiger partial charge in [0.05, 0.1) is 13.5 Å². The molecule has 0 unspecified atom stereocenters. The highest BCUT2D eigenvalue weighted by atomic mass is 32.1. The van der Waals surface area contributed by atoms with E-state index in [-0.39, 0.29) is 30.3 Å². The number of rotatable bonds is 15. The highest BCUT2D eigenvalue weighted by molar-refractivity contribution is 7.19. The summed E-state index contributed by atoms with van der Waals surface area (Å²) in [5.41, 5.74) is 10.3. The van der Waals surface area contributed by atoms with E-state index < -0.39 is 5.60 Å². The predicted octanol–water partition coefficient (Wildman–Crippen LogP) is 9.86. The third kappa shape index (κ3) is 15.7. The SMILES string of the molecule is CC(C)(C)OC=O.CN.COc1cc(Cc2c(Cc3ccc(NC(=O)CCC(=O)OC(C)(C)C)cc3)sc3cc(OCc4ccccc4)ccc23)ccc1CN1CCCC1. The Labute approximate surface area is 360 Å². The molecule has 4 aromatic carbocycles. The summed E-state index contributed by atoms with van der Waals surface area (Å²) in [6, 6.07) is 31.3. The fourth-order valence-electron chi connectivity index (χ4n) is 6.63. The van der Waals surface area contributed by atoms with Crippen LogP contribution in [-0.4, -0.2) is 61.7 Å². The molecule has 1 aromatic heterocycles. The van der Waals surface area contributed by atoms with E-state index in [4.69, 9.17) is 14.2 Å². The lowest BCUT2D eigenvalue weighted by molar-refractivity contribution is -0.155. The van der Waals surface area contributed by atoms with E-state index in [9.17, 15) is 14.4 Å². The van der Waals surface area contributed by atoms with E-state index in [0.717, 1.165) is 55.1 Å². The summed E-state index contributed by atoms with van der Waals surface area (Å²) in [7, 11) is 3.27. The van der Waals surface area contributed by atoms with E-state index in [1.165, 1.54) is 51.5 Å². The van der Waals surface area contributed by atoms with Gasteiger partial charge in [0, 0.05) is 40.2 Å². The monoisotopic (exact) mass is 837 g/mol. The number of ether oxygens (including phenoxy) is 4. The number of thiophene rings is 1. The minimum Gasteiger partial charge on any atom is -0.496 e. The number of anilines is 1. The van der Waals surface area contributed by atoms with Gasteiger partial charge in [0.1, 0.15) is 29.3 Å². The van der Waals surface area contributed by atoms with Gasteiger partial charge in [0.15, 0.2) is 0 Å². The first kappa shape index (κ1) is 47.4. The van der Waals surface area contributed by atoms with Crippen molar-refractivity contribution in [3.8, 4) is 11.5 Å². The van der Waals surface area contributed by atoms with Gasteiger partial charge in [-0.2, -0.15) is 0 Å². The van der Waals surface area contributed by atoms with Gasteiger partial charge in [-0.15, -0.1) is 11.3 Å². The summed E-state index contributed by atoms with van der Waals surface area (Å²) in [6.45, 7) is 15.1. The zero-order chi connectivity index (χ0) is 43.7. The Bertz CT molecular complexity index is 2110. The number of amides is 1. The second-order valence-electron chi connectivity index (χ2n) is 16.6. The minimum atomic E-state index is -0.569. The molecule has 1 aliphatic heterocycles. The summed E-state index contributed by atoms with van der Waals surface area (Å²) < 4.78 is 23.2. The number of carbonyl (C=O) groups is 3. The molecule has 0 spiro atoms. The van der Waals surface area contributed by atoms with Crippen LogP contribution in [0.25, 0.3) is 10.1 Å². The number of fused-ring (bicyclic) bond motifs is 1. The fraction of sp³-hybridized carbons (Fsp3) is 0.408. The van der Waals surface area contributed by atoms with Gasteiger partial charge in [-0.25, -0.2) is 0 Å². The van der Waals surface area contributed by atoms with Gasteiger partial charge in [0.2, 0.25) is 5.91 Å². The molecule has 6 rings (SSSR count). The van der Waals surface area contributed by atoms with Crippen molar-refractivity contribution in [2.24, 2.45) is 5.73 Å². The van der Waals surface area contributed by atoms with Crippen molar-refractivity contribution in [2.45, 2.75) is 104 Å². The number of nitrogens with zero attached hydrogens (tertiary/aromatic N) is 1. The summed E-state index contributed by atoms with van der Waals surface area (Å²) in [6.07, 6.45) is 4.18. The molecule has 1 aliphatic rings. The molecule has 5 aromatic rings. The number of methoxy groups -OCH3 is 1. The zero-order valence-electron chi connectivity index (χ0n) is 36.6. The number of hydrogen-bond acceptors (Lipinski definition) is 10. The van der Waals surface area contributed by atoms with Crippen LogP contribution in [0.15, 0.2) is 91.0 Å². The van der Waals surface area contributed by atoms with Crippen molar-refractivity contribution in [3.05, 3.63) is 124 Å². The number of hydrogen-bond donors (Lipinski definition) is 2. The first-order chi connectivity index (χ1) is 28.7. The zero-order valence-corrected chi connectivity index (χ0v) is 37.4. The van der Waals surface area contributed by atoms with Crippen molar-refractivity contribution in [1.82, 2.24) is 4.90 Å². The lowest BCUT2D eigenvalue weighted by Crippen LogP contribution is -2.24. The maximum absolute atomic E-state index is 12.5. The topological polar surface area (TPSA) is 129 Å². The Morgan fingerprint density at radius 3 is 2.10 bits per heavy atom. The summed E-state index contributed by atoms with van der Waals surface area (Å²) >= 11 is 1.80. The molecule has 10 nitrogen and oxygen atoms in total. The molecule has 3 N–H and O–H groups in total. The number of carbonyl (C=O) groups excluding carboxylic acids is 3. The second-order valence-corrected chi connectivity index (χ2v) is 17.7. The minimum absolute atomic E-state index is 0.0436. The molecule has 2 heterocycles. The fourth-order valence-corrected chi connectivity index (χ4v) is 7.92. The quantitative estimate of drug-likeness (QED) is 0.0782. The normalized spacial score (nSPS) is 12.7. The van der Waals surface area contributed by atoms with Gasteiger partial charge in [-0.3, -0.25) is 19.3 Å². The summed E-state index contributed by atoms with van der Waals surface area (Å²) in [5, 5.41) is 4.14. The Kier molecular flexibility index (Phi) is 18.2. The van der Waals surface area contributed by atoms with Gasteiger partial charge >= 0.3 is 5.97 Å². The van der Waals surface area contributed by atoms with Crippen molar-refractivity contribution >= 4 is 45.5 Å². The first-order valence-corrected chi connectivity index (χ1v) is 21.4. The summed E-state index contributed by atoms with van der Waals surface area (Å²) in [5.74, 6) is 1.21. The lowest BCUT2D eigenvalue weighted by atomic mass is 9.97. The lowest BCUT2D eigenvalue weighted by Gasteiger charge is -2.19. The van der Waals surface area contributed by atoms with Crippen molar-refractivity contribution in [3.63, 3.8) is 0 Å². The predicted molar refractivity (Wildman–Crippen MR) is 243 cm³/mol. The van der Waals surface area contributed by atoms with Crippen LogP contribution in [-0.2, 0) is 49.9 Å². The number of esters is 1. The Morgan fingerprint density at radius 1 is 0.800 bits per heavy atom. The van der Waals surface area contributed by atoms with Crippen LogP contribution in [0.3, 0.4) is 0 Å². The van der Waals surface area contributed by atoms with Crippen LogP contribution < -0.4 is 20.5 Å². The van der Waals surface area contributed by atoms with Crippen LogP contribution in [0.1, 0.15) is 99.9 Å². The maximum atomic E-state index is 12.5. The van der Waals surface area contributed by atoms with Gasteiger partial charge in [-0.1, -0.05) is 54.6 Å². The largest absolute Gasteiger partial charge is 0.496 e. The van der Waals surface area contributed by atoms with Crippen LogP contribution in [0.2, 0.25) is 0 Å². The van der Waals surface area contributed by atoms with E-state index in [1.54, 1.807) is 18.4 Å². The van der Waals surface area contributed by atoms with E-state index in [1.807, 2.05) is 71.9 Å². The van der Waals surface area contributed by atoms with Gasteiger partial charge < -0.3 is 30.0 Å². The Balaban J connectivity index is 0.000000800. The van der Waals surface area contributed by atoms with Crippen molar-refractivity contribution in [1.29, 1.82) is 0 Å². The van der Waals surface area contributed by atoms with Gasteiger partial charge in [0.25, 0.3) is 6.47 Å². The van der Waals surface area contributed by atoms with Crippen LogP contribution in [0.5, 0.6) is 11.5 Å². The Hall–Kier alpha value is -5.23. The molecule has 60 heavy (non-hydrogen) atoms. The average molecular weight is 838 g/mol. The molecule has 322 valence electrons. The maximum Gasteiger partial charge on any atom is 0.306 e. The van der Waals surface area contributed by atoms with Crippen LogP contribution in [0, 0.1) is 0 Å². The number of nitrogens with one attached hydrogen (secondary N) is 1. The molecular weight excluding hydrogens is 775 g/mol. The molecule has 0 aliphatic carbocycles. The van der Waals surface area contributed by atoms with Crippen LogP contribution >= 0.6 is 11.3 Å². The third-order valence-corrected chi connectivity index (χ3v) is 10.6. The molecule has 1 saturated heterocycles. The van der Waals surface area contributed by atoms with E-state index in [0.29, 0.717) is 18.8 Å². The van der Waals surface area contributed by atoms with Crippen LogP contribution in [0.4, 0.5) is 5.69 Å². The molecular formula is C49H63N3O7S. The van der Waals surface area contributed by atoms with Crippen molar-refractivity contribution < 1.29 is 33.3 Å². The molecule has 1 amide bonds. The molecule has 0 bridgehead atoms. The Morgan fingerprint density at radius 2 is 1.48 bits per heavy atom. The number of nitrogens with two attached hydrogens (primary N) is 1.